The Morgan fingerprint density at radius 3 is 1.61 bits per heavy atom. The molecule has 0 radical (unpaired) electrons. The van der Waals surface area contributed by atoms with Crippen LogP contribution in [0, 0.1) is 0 Å². The number of pyridine rings is 2. The summed E-state index contributed by atoms with van der Waals surface area (Å²) in [6, 6.07) is 62.2. The molecule has 5 heteroatoms. The molecule has 0 N–H and O–H groups in total. The van der Waals surface area contributed by atoms with Crippen LogP contribution in [-0.4, -0.2) is 14.5 Å². The lowest BCUT2D eigenvalue weighted by Crippen LogP contribution is -1.94. The smallest absolute Gasteiger partial charge is 0.153 e. The molecule has 0 saturated heterocycles. The van der Waals surface area contributed by atoms with Gasteiger partial charge in [0.1, 0.15) is 16.7 Å². The van der Waals surface area contributed by atoms with Gasteiger partial charge in [-0.15, -0.1) is 0 Å². The summed E-state index contributed by atoms with van der Waals surface area (Å²) in [6.45, 7) is 0. The summed E-state index contributed by atoms with van der Waals surface area (Å²) in [4.78, 5) is 9.47. The molecule has 12 aromatic rings. The summed E-state index contributed by atoms with van der Waals surface area (Å²) in [5.41, 5.74) is 16.4. The van der Waals surface area contributed by atoms with Crippen LogP contribution < -0.4 is 0 Å². The lowest BCUT2D eigenvalue weighted by molar-refractivity contribution is 0.667. The molecule has 0 bridgehead atoms. The number of furan rings is 2. The summed E-state index contributed by atoms with van der Waals surface area (Å²) >= 11 is 0. The molecule has 0 amide bonds. The van der Waals surface area contributed by atoms with Gasteiger partial charge < -0.3 is 13.4 Å². The van der Waals surface area contributed by atoms with Crippen molar-refractivity contribution < 1.29 is 8.83 Å². The minimum atomic E-state index is 0.771. The molecule has 0 unspecified atom stereocenters. The summed E-state index contributed by atoms with van der Waals surface area (Å²) in [5, 5.41) is 5.62. The molecule has 266 valence electrons. The normalized spacial score (nSPS) is 11.9. The van der Waals surface area contributed by atoms with Gasteiger partial charge in [0.05, 0.1) is 22.9 Å². The van der Waals surface area contributed by atoms with Crippen molar-refractivity contribution in [3.05, 3.63) is 188 Å². The molecule has 0 fully saturated rings. The van der Waals surface area contributed by atoms with E-state index in [0.717, 1.165) is 94.3 Å². The highest BCUT2D eigenvalue weighted by Crippen LogP contribution is 2.38. The first kappa shape index (κ1) is 31.6. The average molecular weight is 730 g/mol. The van der Waals surface area contributed by atoms with E-state index in [9.17, 15) is 0 Å². The van der Waals surface area contributed by atoms with Gasteiger partial charge in [-0.2, -0.15) is 0 Å². The van der Waals surface area contributed by atoms with Crippen LogP contribution in [0.2, 0.25) is 0 Å². The number of benzene rings is 7. The van der Waals surface area contributed by atoms with E-state index >= 15 is 0 Å². The molecule has 0 spiro atoms. The van der Waals surface area contributed by atoms with Crippen LogP contribution in [0.3, 0.4) is 0 Å². The van der Waals surface area contributed by atoms with Crippen LogP contribution in [-0.2, 0) is 0 Å². The number of fused-ring (bicyclic) bond motifs is 9. The maximum absolute atomic E-state index is 6.33. The fourth-order valence-corrected chi connectivity index (χ4v) is 8.56. The summed E-state index contributed by atoms with van der Waals surface area (Å²) in [5.74, 6) is 0. The van der Waals surface area contributed by atoms with Gasteiger partial charge in [-0.3, -0.25) is 9.97 Å². The zero-order valence-corrected chi connectivity index (χ0v) is 30.6. The van der Waals surface area contributed by atoms with Gasteiger partial charge in [0.15, 0.2) is 11.2 Å². The third kappa shape index (κ3) is 5.10. The first-order valence-electron chi connectivity index (χ1n) is 19.1. The van der Waals surface area contributed by atoms with Crippen molar-refractivity contribution in [3.63, 3.8) is 0 Å². The van der Waals surface area contributed by atoms with Gasteiger partial charge in [0, 0.05) is 44.4 Å². The largest absolute Gasteiger partial charge is 0.454 e. The van der Waals surface area contributed by atoms with E-state index in [2.05, 4.69) is 167 Å². The quantitative estimate of drug-likeness (QED) is 0.177. The lowest BCUT2D eigenvalue weighted by Gasteiger charge is -2.10. The zero-order chi connectivity index (χ0) is 37.5. The number of hydrogen-bond acceptors (Lipinski definition) is 4. The predicted molar refractivity (Wildman–Crippen MR) is 233 cm³/mol. The molecule has 57 heavy (non-hydrogen) atoms. The highest BCUT2D eigenvalue weighted by Gasteiger charge is 2.15. The van der Waals surface area contributed by atoms with E-state index in [4.69, 9.17) is 13.8 Å². The Bertz CT molecular complexity index is 3500. The number of nitrogens with zero attached hydrogens (tertiary/aromatic N) is 3. The average Bonchev–Trinajstić information content (AvgIpc) is 3.95. The fourth-order valence-electron chi connectivity index (χ4n) is 8.56. The highest BCUT2D eigenvalue weighted by atomic mass is 16.3. The van der Waals surface area contributed by atoms with Crippen LogP contribution >= 0.6 is 0 Å². The Morgan fingerprint density at radius 2 is 0.912 bits per heavy atom. The van der Waals surface area contributed by atoms with Crippen molar-refractivity contribution in [2.24, 2.45) is 0 Å². The molecule has 5 heterocycles. The fraction of sp³-hybridized carbons (Fsp3) is 0. The monoisotopic (exact) mass is 729 g/mol. The topological polar surface area (TPSA) is 57.0 Å². The second-order valence-electron chi connectivity index (χ2n) is 14.6. The highest BCUT2D eigenvalue weighted by molar-refractivity contribution is 6.10. The third-order valence-electron chi connectivity index (χ3n) is 11.3. The number of rotatable bonds is 5. The second kappa shape index (κ2) is 12.4. The molecular formula is C52H31N3O2. The standard InChI is InChI=1S/C52H31N3O2/c1-3-17-46-40(15-1)41-16-2-4-18-47(41)55(46)39-14-7-13-38(27-39)45-30-43-42-28-36(20-22-48(42)57-51(43)31-54-45)34-11-5-9-32(25-34)33-10-6-12-35(26-33)37-21-23-49-44(29-37)52-50(56-49)19-8-24-53-52/h1-31H. The Balaban J connectivity index is 0.902. The summed E-state index contributed by atoms with van der Waals surface area (Å²) in [7, 11) is 0. The van der Waals surface area contributed by atoms with Crippen LogP contribution in [0.15, 0.2) is 197 Å². The SMILES string of the molecule is c1cc(-c2cccc(-c3ccc4oc5cccnc5c4c3)c2)cc(-c2ccc3oc4cnc(-c5cccc(-n6c7ccccc7c7ccccc76)c5)cc4c3c2)c1. The Labute approximate surface area is 326 Å². The molecule has 12 rings (SSSR count). The lowest BCUT2D eigenvalue weighted by atomic mass is 9.95. The first-order chi connectivity index (χ1) is 28.2. The zero-order valence-electron chi connectivity index (χ0n) is 30.6. The van der Waals surface area contributed by atoms with E-state index in [1.807, 2.05) is 30.6 Å². The van der Waals surface area contributed by atoms with Crippen molar-refractivity contribution in [1.82, 2.24) is 14.5 Å². The maximum atomic E-state index is 6.33. The third-order valence-corrected chi connectivity index (χ3v) is 11.3. The van der Waals surface area contributed by atoms with Crippen molar-refractivity contribution in [2.45, 2.75) is 0 Å². The molecular weight excluding hydrogens is 699 g/mol. The van der Waals surface area contributed by atoms with Crippen LogP contribution in [0.5, 0.6) is 0 Å². The van der Waals surface area contributed by atoms with E-state index in [0.29, 0.717) is 0 Å². The predicted octanol–water partition coefficient (Wildman–Crippen LogP) is 14.0. The number of para-hydroxylation sites is 2. The Morgan fingerprint density at radius 1 is 0.351 bits per heavy atom. The second-order valence-corrected chi connectivity index (χ2v) is 14.6. The van der Waals surface area contributed by atoms with Crippen molar-refractivity contribution in [1.29, 1.82) is 0 Å². The van der Waals surface area contributed by atoms with Crippen LogP contribution in [0.1, 0.15) is 0 Å². The Kier molecular flexibility index (Phi) is 6.86. The molecule has 0 saturated carbocycles. The van der Waals surface area contributed by atoms with E-state index in [1.54, 1.807) is 0 Å². The van der Waals surface area contributed by atoms with Gasteiger partial charge in [-0.1, -0.05) is 97.1 Å². The molecule has 0 aliphatic carbocycles. The van der Waals surface area contributed by atoms with E-state index in [-0.39, 0.29) is 0 Å². The van der Waals surface area contributed by atoms with Gasteiger partial charge in [0.25, 0.3) is 0 Å². The van der Waals surface area contributed by atoms with Crippen molar-refractivity contribution >= 4 is 65.8 Å². The Hall–Kier alpha value is -7.76. The van der Waals surface area contributed by atoms with Crippen LogP contribution in [0.4, 0.5) is 0 Å². The molecule has 5 aromatic heterocycles. The molecule has 0 atom stereocenters. The summed E-state index contributed by atoms with van der Waals surface area (Å²) in [6.07, 6.45) is 3.67. The minimum Gasteiger partial charge on any atom is -0.454 e. The molecule has 7 aromatic carbocycles. The molecule has 0 aliphatic heterocycles. The number of aromatic nitrogens is 3. The van der Waals surface area contributed by atoms with Crippen LogP contribution in [0.25, 0.3) is 116 Å². The van der Waals surface area contributed by atoms with Gasteiger partial charge >= 0.3 is 0 Å². The first-order valence-corrected chi connectivity index (χ1v) is 19.1. The van der Waals surface area contributed by atoms with Gasteiger partial charge in [-0.25, -0.2) is 0 Å². The van der Waals surface area contributed by atoms with Gasteiger partial charge in [-0.05, 0) is 112 Å². The van der Waals surface area contributed by atoms with Crippen molar-refractivity contribution in [3.8, 4) is 50.3 Å². The van der Waals surface area contributed by atoms with E-state index in [1.165, 1.54) is 21.8 Å². The molecule has 5 nitrogen and oxygen atoms in total. The maximum Gasteiger partial charge on any atom is 0.153 e. The van der Waals surface area contributed by atoms with E-state index < -0.39 is 0 Å². The minimum absolute atomic E-state index is 0.771. The number of hydrogen-bond donors (Lipinski definition) is 0. The summed E-state index contributed by atoms with van der Waals surface area (Å²) < 4.78 is 14.7. The van der Waals surface area contributed by atoms with Crippen molar-refractivity contribution in [2.75, 3.05) is 0 Å². The molecule has 0 aliphatic rings. The van der Waals surface area contributed by atoms with Gasteiger partial charge in [0.2, 0.25) is 0 Å².